The van der Waals surface area contributed by atoms with E-state index < -0.39 is 0 Å². The molecule has 1 heterocycles. The summed E-state index contributed by atoms with van der Waals surface area (Å²) in [4.78, 5) is 4.14. The highest BCUT2D eigenvalue weighted by atomic mass is 35.5. The van der Waals surface area contributed by atoms with Crippen LogP contribution >= 0.6 is 11.6 Å². The van der Waals surface area contributed by atoms with E-state index in [0.29, 0.717) is 18.1 Å². The van der Waals surface area contributed by atoms with E-state index in [1.165, 1.54) is 11.1 Å². The minimum Gasteiger partial charge on any atom is -0.339 e. The van der Waals surface area contributed by atoms with Gasteiger partial charge in [-0.25, -0.2) is 0 Å². The van der Waals surface area contributed by atoms with E-state index in [1.54, 1.807) is 0 Å². The topological polar surface area (TPSA) is 38.9 Å². The molecule has 2 aromatic rings. The third-order valence-corrected chi connectivity index (χ3v) is 2.31. The lowest BCUT2D eigenvalue weighted by Crippen LogP contribution is -1.89. The third-order valence-electron chi connectivity index (χ3n) is 2.07. The molecule has 3 nitrogen and oxygen atoms in total. The number of aryl methyl sites for hydroxylation is 1. The zero-order valence-corrected chi connectivity index (χ0v) is 9.16. The summed E-state index contributed by atoms with van der Waals surface area (Å²) in [5.74, 6) is 1.44. The largest absolute Gasteiger partial charge is 0.339 e. The van der Waals surface area contributed by atoms with Crippen molar-refractivity contribution in [3.63, 3.8) is 0 Å². The number of hydrogen-bond acceptors (Lipinski definition) is 3. The maximum Gasteiger partial charge on any atom is 0.231 e. The van der Waals surface area contributed by atoms with E-state index in [4.69, 9.17) is 16.1 Å². The van der Waals surface area contributed by atoms with Crippen LogP contribution in [0, 0.1) is 6.92 Å². The molecule has 0 saturated heterocycles. The molecule has 0 amide bonds. The quantitative estimate of drug-likeness (QED) is 0.750. The van der Waals surface area contributed by atoms with Gasteiger partial charge in [0.05, 0.1) is 12.3 Å². The first-order valence-corrected chi connectivity index (χ1v) is 5.24. The number of alkyl halides is 1. The summed E-state index contributed by atoms with van der Waals surface area (Å²) in [6, 6.07) is 8.22. The summed E-state index contributed by atoms with van der Waals surface area (Å²) in [5.41, 5.74) is 2.39. The monoisotopic (exact) mass is 222 g/mol. The Hall–Kier alpha value is -1.35. The Labute approximate surface area is 93.1 Å². The minimum atomic E-state index is 0.289. The zero-order chi connectivity index (χ0) is 10.7. The Bertz CT molecular complexity index is 453. The average Bonchev–Trinajstić information content (AvgIpc) is 2.65. The van der Waals surface area contributed by atoms with Crippen LogP contribution in [0.15, 0.2) is 28.8 Å². The van der Waals surface area contributed by atoms with Crippen molar-refractivity contribution in [3.05, 3.63) is 47.1 Å². The van der Waals surface area contributed by atoms with Crippen LogP contribution in [0.4, 0.5) is 0 Å². The second kappa shape index (κ2) is 4.45. The van der Waals surface area contributed by atoms with Crippen LogP contribution in [0.25, 0.3) is 0 Å². The van der Waals surface area contributed by atoms with Crippen LogP contribution in [0.1, 0.15) is 22.8 Å². The van der Waals surface area contributed by atoms with Crippen LogP contribution in [-0.4, -0.2) is 10.1 Å². The lowest BCUT2D eigenvalue weighted by atomic mass is 10.1. The van der Waals surface area contributed by atoms with Gasteiger partial charge in [0.1, 0.15) is 0 Å². The van der Waals surface area contributed by atoms with Gasteiger partial charge in [-0.3, -0.25) is 0 Å². The van der Waals surface area contributed by atoms with Crippen LogP contribution in [0.3, 0.4) is 0 Å². The van der Waals surface area contributed by atoms with E-state index in [9.17, 15) is 0 Å². The van der Waals surface area contributed by atoms with E-state index in [1.807, 2.05) is 12.1 Å². The van der Waals surface area contributed by atoms with Crippen LogP contribution in [0.5, 0.6) is 0 Å². The Morgan fingerprint density at radius 3 is 2.93 bits per heavy atom. The molecule has 0 spiro atoms. The Balaban J connectivity index is 2.14. The summed E-state index contributed by atoms with van der Waals surface area (Å²) in [6.07, 6.45) is 0.658. The number of nitrogens with zero attached hydrogens (tertiary/aromatic N) is 2. The van der Waals surface area contributed by atoms with Gasteiger partial charge >= 0.3 is 0 Å². The van der Waals surface area contributed by atoms with Crippen molar-refractivity contribution in [2.75, 3.05) is 0 Å². The highest BCUT2D eigenvalue weighted by Crippen LogP contribution is 2.10. The van der Waals surface area contributed by atoms with Gasteiger partial charge in [0, 0.05) is 0 Å². The van der Waals surface area contributed by atoms with Crippen LogP contribution < -0.4 is 0 Å². The second-order valence-corrected chi connectivity index (χ2v) is 3.67. The molecule has 0 saturated carbocycles. The summed E-state index contributed by atoms with van der Waals surface area (Å²) < 4.78 is 5.05. The van der Waals surface area contributed by atoms with Crippen molar-refractivity contribution in [1.82, 2.24) is 10.1 Å². The fourth-order valence-electron chi connectivity index (χ4n) is 1.41. The van der Waals surface area contributed by atoms with Crippen molar-refractivity contribution < 1.29 is 4.52 Å². The number of rotatable bonds is 3. The van der Waals surface area contributed by atoms with Gasteiger partial charge in [0.25, 0.3) is 0 Å². The van der Waals surface area contributed by atoms with Crippen molar-refractivity contribution in [2.24, 2.45) is 0 Å². The normalized spacial score (nSPS) is 10.5. The molecule has 1 aromatic heterocycles. The van der Waals surface area contributed by atoms with Crippen molar-refractivity contribution in [3.8, 4) is 0 Å². The molecule has 0 bridgehead atoms. The van der Waals surface area contributed by atoms with Gasteiger partial charge in [-0.05, 0) is 12.5 Å². The molecule has 4 heteroatoms. The lowest BCUT2D eigenvalue weighted by molar-refractivity contribution is 0.381. The van der Waals surface area contributed by atoms with Gasteiger partial charge in [0.2, 0.25) is 5.89 Å². The molecular weight excluding hydrogens is 212 g/mol. The van der Waals surface area contributed by atoms with E-state index in [0.717, 1.165) is 0 Å². The van der Waals surface area contributed by atoms with Crippen LogP contribution in [-0.2, 0) is 12.3 Å². The molecule has 0 aliphatic heterocycles. The van der Waals surface area contributed by atoms with Crippen LogP contribution in [0.2, 0.25) is 0 Å². The predicted molar refractivity (Wildman–Crippen MR) is 57.8 cm³/mol. The van der Waals surface area contributed by atoms with Gasteiger partial charge < -0.3 is 4.52 Å². The molecule has 1 aromatic carbocycles. The lowest BCUT2D eigenvalue weighted by Gasteiger charge is -1.97. The van der Waals surface area contributed by atoms with E-state index in [-0.39, 0.29) is 5.88 Å². The molecule has 2 rings (SSSR count). The summed E-state index contributed by atoms with van der Waals surface area (Å²) in [6.45, 7) is 2.06. The molecule has 0 aliphatic rings. The molecular formula is C11H11ClN2O. The Morgan fingerprint density at radius 2 is 2.27 bits per heavy atom. The number of hydrogen-bond donors (Lipinski definition) is 0. The summed E-state index contributed by atoms with van der Waals surface area (Å²) in [5, 5.41) is 3.74. The maximum atomic E-state index is 5.58. The maximum absolute atomic E-state index is 5.58. The SMILES string of the molecule is Cc1cccc(Cc2nc(CCl)no2)c1. The predicted octanol–water partition coefficient (Wildman–Crippen LogP) is 2.71. The number of benzene rings is 1. The molecule has 0 unspecified atom stereocenters. The van der Waals surface area contributed by atoms with Crippen molar-refractivity contribution >= 4 is 11.6 Å². The van der Waals surface area contributed by atoms with Gasteiger partial charge in [-0.15, -0.1) is 11.6 Å². The molecule has 15 heavy (non-hydrogen) atoms. The molecule has 0 atom stereocenters. The third kappa shape index (κ3) is 2.57. The first kappa shape index (κ1) is 10.2. The standard InChI is InChI=1S/C11H11ClN2O/c1-8-3-2-4-9(5-8)6-11-13-10(7-12)14-15-11/h2-5H,6-7H2,1H3. The Kier molecular flexibility index (Phi) is 3.02. The van der Waals surface area contributed by atoms with E-state index in [2.05, 4.69) is 29.2 Å². The molecule has 0 radical (unpaired) electrons. The van der Waals surface area contributed by atoms with E-state index >= 15 is 0 Å². The molecule has 0 aliphatic carbocycles. The summed E-state index contributed by atoms with van der Waals surface area (Å²) >= 11 is 5.58. The number of aromatic nitrogens is 2. The fraction of sp³-hybridized carbons (Fsp3) is 0.273. The average molecular weight is 223 g/mol. The summed E-state index contributed by atoms with van der Waals surface area (Å²) in [7, 11) is 0. The molecule has 0 fully saturated rings. The minimum absolute atomic E-state index is 0.289. The van der Waals surface area contributed by atoms with Crippen molar-refractivity contribution in [1.29, 1.82) is 0 Å². The highest BCUT2D eigenvalue weighted by Gasteiger charge is 2.05. The molecule has 78 valence electrons. The second-order valence-electron chi connectivity index (χ2n) is 3.40. The molecule has 0 N–H and O–H groups in total. The smallest absolute Gasteiger partial charge is 0.231 e. The first-order chi connectivity index (χ1) is 7.28. The highest BCUT2D eigenvalue weighted by molar-refractivity contribution is 6.16. The fourth-order valence-corrected chi connectivity index (χ4v) is 1.52. The number of halogens is 1. The van der Waals surface area contributed by atoms with Gasteiger partial charge in [-0.2, -0.15) is 4.98 Å². The van der Waals surface area contributed by atoms with Gasteiger partial charge in [-0.1, -0.05) is 35.0 Å². The first-order valence-electron chi connectivity index (χ1n) is 4.71. The zero-order valence-electron chi connectivity index (χ0n) is 8.40. The van der Waals surface area contributed by atoms with Gasteiger partial charge in [0.15, 0.2) is 5.82 Å². The van der Waals surface area contributed by atoms with Crippen molar-refractivity contribution in [2.45, 2.75) is 19.2 Å². The Morgan fingerprint density at radius 1 is 1.40 bits per heavy atom.